The number of benzene rings is 4. The van der Waals surface area contributed by atoms with Crippen LogP contribution >= 0.6 is 0 Å². The van der Waals surface area contributed by atoms with Crippen LogP contribution in [-0.4, -0.2) is 66.8 Å². The zero-order valence-corrected chi connectivity index (χ0v) is 43.6. The predicted octanol–water partition coefficient (Wildman–Crippen LogP) is -9.07. The summed E-state index contributed by atoms with van der Waals surface area (Å²) in [5.41, 5.74) is -0.00321. The summed E-state index contributed by atoms with van der Waals surface area (Å²) in [5, 5.41) is 0.665. The minimum Gasteiger partial charge on any atom is -0.870 e. The molecule has 2 aliphatic heterocycles. The number of nitrogens with zero attached hydrogens (tertiary/aromatic N) is 8. The second kappa shape index (κ2) is 20.7. The molecular formula is C32H14CuN8Na4O12S4-2. The van der Waals surface area contributed by atoms with Crippen molar-refractivity contribution in [3.63, 3.8) is 0 Å². The predicted molar refractivity (Wildman–Crippen MR) is 188 cm³/mol. The molecule has 8 bridgehead atoms. The van der Waals surface area contributed by atoms with E-state index >= 15 is 0 Å². The maximum atomic E-state index is 12.4. The van der Waals surface area contributed by atoms with Crippen LogP contribution in [0.15, 0.2) is 92.4 Å². The number of rotatable bonds is 4. The summed E-state index contributed by atoms with van der Waals surface area (Å²) in [4.78, 5) is 34.8. The third-order valence-corrected chi connectivity index (χ3v) is 11.6. The molecule has 7 aromatic rings. The monoisotopic (exact) mass is 985 g/mol. The first-order valence-corrected chi connectivity index (χ1v) is 20.0. The SMILES string of the molecule is O=[S-](=O)c1ccc2c3nc4nc(nc5[n-]c(nc6nc(nc([n-]3)c2c1)-c1ccc(S(=O)(=O)[O-])cc1-6)c1ccc(S(=O)(=O)[O-])cc51)-c1cccc([S-](=O)=O)c1-4.[Cu+2].[Na+].[Na+].[Na+].[Na+].[OH-].[OH-]. The fourth-order valence-corrected chi connectivity index (χ4v) is 8.11. The van der Waals surface area contributed by atoms with E-state index in [2.05, 4.69) is 39.9 Å². The van der Waals surface area contributed by atoms with Crippen LogP contribution < -0.4 is 128 Å². The fraction of sp³-hybridized carbons (Fsp3) is 0. The van der Waals surface area contributed by atoms with Crippen molar-refractivity contribution in [2.75, 3.05) is 0 Å². The average Bonchev–Trinajstić information content (AvgIpc) is 3.85. The van der Waals surface area contributed by atoms with Gasteiger partial charge in [-0.25, -0.2) is 26.8 Å². The summed E-state index contributed by atoms with van der Waals surface area (Å²) in [5.74, 6) is -0.545. The topological polar surface area (TPSA) is 348 Å². The van der Waals surface area contributed by atoms with Gasteiger partial charge in [-0.05, 0) is 72.8 Å². The van der Waals surface area contributed by atoms with E-state index in [4.69, 9.17) is 0 Å². The molecule has 5 heterocycles. The van der Waals surface area contributed by atoms with E-state index < -0.39 is 51.4 Å². The second-order valence-corrected chi connectivity index (χ2v) is 16.3. The summed E-state index contributed by atoms with van der Waals surface area (Å²) < 4.78 is 121. The van der Waals surface area contributed by atoms with Gasteiger partial charge in [-0.2, -0.15) is 0 Å². The van der Waals surface area contributed by atoms with Gasteiger partial charge in [0.1, 0.15) is 20.2 Å². The van der Waals surface area contributed by atoms with Crippen LogP contribution in [0.1, 0.15) is 0 Å². The molecule has 20 nitrogen and oxygen atoms in total. The Labute approximate surface area is 446 Å². The van der Waals surface area contributed by atoms with Gasteiger partial charge in [0, 0.05) is 39.3 Å². The van der Waals surface area contributed by atoms with Gasteiger partial charge in [0.15, 0.2) is 0 Å². The maximum Gasteiger partial charge on any atom is 2.00 e. The summed E-state index contributed by atoms with van der Waals surface area (Å²) in [6.07, 6.45) is 0. The van der Waals surface area contributed by atoms with Crippen molar-refractivity contribution in [3.8, 4) is 45.6 Å². The van der Waals surface area contributed by atoms with Crippen LogP contribution in [0.3, 0.4) is 0 Å². The van der Waals surface area contributed by atoms with Crippen molar-refractivity contribution in [2.24, 2.45) is 0 Å². The van der Waals surface area contributed by atoms with Gasteiger partial charge in [0.05, 0.1) is 33.1 Å². The Bertz CT molecular complexity index is 3470. The van der Waals surface area contributed by atoms with Crippen molar-refractivity contribution in [2.45, 2.75) is 19.6 Å². The minimum atomic E-state index is -4.97. The molecule has 0 atom stereocenters. The van der Waals surface area contributed by atoms with Crippen LogP contribution in [-0.2, 0) is 75.5 Å². The van der Waals surface area contributed by atoms with Crippen molar-refractivity contribution in [3.05, 3.63) is 72.8 Å². The Hall–Kier alpha value is -1.60. The Morgan fingerprint density at radius 3 is 1.49 bits per heavy atom. The number of hydrogen-bond acceptors (Lipinski definition) is 20. The van der Waals surface area contributed by atoms with Gasteiger partial charge < -0.3 is 66.8 Å². The Balaban J connectivity index is 0.00000183. The van der Waals surface area contributed by atoms with Crippen LogP contribution in [0.4, 0.5) is 0 Å². The van der Waals surface area contributed by atoms with Crippen molar-refractivity contribution < 1.29 is 189 Å². The second-order valence-electron chi connectivity index (χ2n) is 11.7. The molecule has 1 radical (unpaired) electrons. The molecule has 2 aliphatic rings. The summed E-state index contributed by atoms with van der Waals surface area (Å²) in [6, 6.07) is 15.0. The number of fused-ring (bicyclic) bond motifs is 20. The van der Waals surface area contributed by atoms with Gasteiger partial charge in [-0.3, -0.25) is 0 Å². The van der Waals surface area contributed by atoms with E-state index in [1.54, 1.807) is 0 Å². The van der Waals surface area contributed by atoms with Crippen molar-refractivity contribution in [1.82, 2.24) is 39.9 Å². The van der Waals surface area contributed by atoms with E-state index in [0.717, 1.165) is 24.3 Å². The quantitative estimate of drug-likeness (QED) is 0.0897. The molecular weight excluding hydrogens is 972 g/mol. The molecule has 0 fully saturated rings. The largest absolute Gasteiger partial charge is 2.00 e. The normalized spacial score (nSPS) is 11.3. The smallest absolute Gasteiger partial charge is 0.870 e. The third-order valence-electron chi connectivity index (χ3n) is 8.55. The first kappa shape index (κ1) is 55.5. The Kier molecular flexibility index (Phi) is 18.8. The molecule has 29 heteroatoms. The average molecular weight is 986 g/mol. The molecule has 0 amide bonds. The molecule has 0 aliphatic carbocycles. The first-order chi connectivity index (χ1) is 25.6. The van der Waals surface area contributed by atoms with Gasteiger partial charge in [-0.15, -0.1) is 0 Å². The van der Waals surface area contributed by atoms with Crippen molar-refractivity contribution >= 4 is 85.8 Å². The molecule has 4 aromatic carbocycles. The van der Waals surface area contributed by atoms with Gasteiger partial charge in [-0.1, -0.05) is 58.3 Å². The van der Waals surface area contributed by atoms with E-state index in [0.29, 0.717) is 0 Å². The first-order valence-electron chi connectivity index (χ1n) is 15.0. The molecule has 0 saturated carbocycles. The van der Waals surface area contributed by atoms with Gasteiger partial charge in [0.2, 0.25) is 0 Å². The van der Waals surface area contributed by atoms with E-state index in [9.17, 15) is 42.8 Å². The maximum absolute atomic E-state index is 12.4. The Morgan fingerprint density at radius 2 is 0.934 bits per heavy atom. The Morgan fingerprint density at radius 1 is 0.475 bits per heavy atom. The summed E-state index contributed by atoms with van der Waals surface area (Å²) >= 11 is 0. The number of hydrogen-bond donors (Lipinski definition) is 0. The molecule has 0 unspecified atom stereocenters. The van der Waals surface area contributed by atoms with Gasteiger partial charge >= 0.3 is 135 Å². The van der Waals surface area contributed by atoms with Crippen LogP contribution in [0.5, 0.6) is 0 Å². The molecule has 0 spiro atoms. The van der Waals surface area contributed by atoms with Crippen LogP contribution in [0.2, 0.25) is 0 Å². The van der Waals surface area contributed by atoms with E-state index in [1.807, 2.05) is 0 Å². The molecule has 295 valence electrons. The van der Waals surface area contributed by atoms with E-state index in [1.165, 1.54) is 48.5 Å². The standard InChI is InChI=1S/C32H14N8O10S4.Cu.4Na.2H2O/c41-51(42)13-4-7-16-20(10-13)29-33-25-17-8-5-14(53(45,46)47)11-21(17)30(34-25)35-26-18-9-6-15(54(48,49)50)12-22(18)31(36-26)38-28-19-2-1-3-23(52(43)44)24(19)32(40-28)39-27(16)37-29;;;;;;;/h1-12H,(H2-2,33,34,35,36,37,38,39,40,45,46,47,48,49,50);;;;;;2*1H2/q-4;+2;4*+1;;/p-4. The fourth-order valence-electron chi connectivity index (χ4n) is 6.17. The molecule has 9 rings (SSSR count). The summed E-state index contributed by atoms with van der Waals surface area (Å²) in [6.45, 7) is 0. The molecule has 0 saturated heterocycles. The van der Waals surface area contributed by atoms with Gasteiger partial charge in [0.25, 0.3) is 0 Å². The van der Waals surface area contributed by atoms with Crippen molar-refractivity contribution in [1.29, 1.82) is 0 Å². The van der Waals surface area contributed by atoms with Crippen LogP contribution in [0.25, 0.3) is 89.7 Å². The third kappa shape index (κ3) is 10.1. The zero-order chi connectivity index (χ0) is 37.8. The molecule has 3 aromatic heterocycles. The van der Waals surface area contributed by atoms with Crippen LogP contribution in [0, 0.1) is 0 Å². The minimum absolute atomic E-state index is 0. The molecule has 2 N–H and O–H groups in total. The summed E-state index contributed by atoms with van der Waals surface area (Å²) in [7, 11) is -15.4. The number of aromatic nitrogens is 8. The molecule has 61 heavy (non-hydrogen) atoms. The van der Waals surface area contributed by atoms with E-state index in [-0.39, 0.29) is 246 Å². The zero-order valence-electron chi connectivity index (χ0n) is 31.4.